The average molecular weight is 383 g/mol. The van der Waals surface area contributed by atoms with Crippen LogP contribution >= 0.6 is 0 Å². The molecule has 1 aromatic heterocycles. The summed E-state index contributed by atoms with van der Waals surface area (Å²) in [5.41, 5.74) is 2.17. The van der Waals surface area contributed by atoms with Gasteiger partial charge in [0.25, 0.3) is 5.91 Å². The molecule has 0 unspecified atom stereocenters. The van der Waals surface area contributed by atoms with E-state index in [-0.39, 0.29) is 11.5 Å². The number of pyridine rings is 1. The lowest BCUT2D eigenvalue weighted by molar-refractivity contribution is -0.286. The molecule has 0 fully saturated rings. The van der Waals surface area contributed by atoms with Crippen LogP contribution in [-0.4, -0.2) is 17.2 Å². The third kappa shape index (κ3) is 3.85. The quantitative estimate of drug-likeness (QED) is 0.689. The van der Waals surface area contributed by atoms with Crippen LogP contribution in [0.3, 0.4) is 0 Å². The lowest BCUT2D eigenvalue weighted by atomic mass is 10.1. The topological polar surface area (TPSA) is 72.5 Å². The maximum absolute atomic E-state index is 13.1. The zero-order valence-corrected chi connectivity index (χ0v) is 14.5. The summed E-state index contributed by atoms with van der Waals surface area (Å²) in [5, 5.41) is 5.86. The van der Waals surface area contributed by atoms with E-state index < -0.39 is 12.2 Å². The number of nitrogens with one attached hydrogen (secondary N) is 2. The number of rotatable bonds is 5. The second-order valence-electron chi connectivity index (χ2n) is 6.00. The predicted molar refractivity (Wildman–Crippen MR) is 98.6 cm³/mol. The standard InChI is InChI=1S/C20H15F2N3O3/c21-20(22)27-17-9-8-13(11-18(17)28-20)25-19(26)15-6-1-2-7-16(15)24-12-14-5-3-4-10-23-14/h1-11,24H,12H2,(H,25,26). The van der Waals surface area contributed by atoms with Gasteiger partial charge in [-0.05, 0) is 36.4 Å². The van der Waals surface area contributed by atoms with Gasteiger partial charge in [0.15, 0.2) is 11.5 Å². The number of aromatic nitrogens is 1. The summed E-state index contributed by atoms with van der Waals surface area (Å²) in [5.74, 6) is -0.612. The zero-order valence-electron chi connectivity index (χ0n) is 14.5. The van der Waals surface area contributed by atoms with Crippen LogP contribution in [0.5, 0.6) is 11.5 Å². The van der Waals surface area contributed by atoms with Crippen LogP contribution in [0.2, 0.25) is 0 Å². The number of fused-ring (bicyclic) bond motifs is 1. The molecule has 1 aliphatic heterocycles. The van der Waals surface area contributed by atoms with Crippen molar-refractivity contribution in [3.8, 4) is 11.5 Å². The number of hydrogen-bond acceptors (Lipinski definition) is 5. The molecule has 6 nitrogen and oxygen atoms in total. The number of alkyl halides is 2. The van der Waals surface area contributed by atoms with Crippen molar-refractivity contribution < 1.29 is 23.0 Å². The Bertz CT molecular complexity index is 1010. The Balaban J connectivity index is 1.49. The number of para-hydroxylation sites is 1. The SMILES string of the molecule is O=C(Nc1ccc2c(c1)OC(F)(F)O2)c1ccccc1NCc1ccccn1. The van der Waals surface area contributed by atoms with E-state index in [1.165, 1.54) is 18.2 Å². The maximum Gasteiger partial charge on any atom is 0.586 e. The molecule has 0 aliphatic carbocycles. The normalized spacial score (nSPS) is 13.8. The summed E-state index contributed by atoms with van der Waals surface area (Å²) in [6.07, 6.45) is -2.01. The summed E-state index contributed by atoms with van der Waals surface area (Å²) >= 11 is 0. The third-order valence-electron chi connectivity index (χ3n) is 4.02. The van der Waals surface area contributed by atoms with Crippen LogP contribution < -0.4 is 20.1 Å². The molecular formula is C20H15F2N3O3. The molecule has 1 aliphatic rings. The molecule has 28 heavy (non-hydrogen) atoms. The van der Waals surface area contributed by atoms with Crippen molar-refractivity contribution in [1.82, 2.24) is 4.98 Å². The number of nitrogens with zero attached hydrogens (tertiary/aromatic N) is 1. The molecule has 0 atom stereocenters. The van der Waals surface area contributed by atoms with Gasteiger partial charge in [0, 0.05) is 23.6 Å². The van der Waals surface area contributed by atoms with Gasteiger partial charge in [-0.2, -0.15) is 0 Å². The smallest absolute Gasteiger partial charge is 0.395 e. The highest BCUT2D eigenvalue weighted by Gasteiger charge is 2.43. The van der Waals surface area contributed by atoms with Crippen LogP contribution in [-0.2, 0) is 6.54 Å². The zero-order chi connectivity index (χ0) is 19.6. The number of amides is 1. The Morgan fingerprint density at radius 3 is 2.61 bits per heavy atom. The van der Waals surface area contributed by atoms with Gasteiger partial charge < -0.3 is 20.1 Å². The molecule has 1 amide bonds. The fraction of sp³-hybridized carbons (Fsp3) is 0.100. The van der Waals surface area contributed by atoms with Gasteiger partial charge >= 0.3 is 6.29 Å². The van der Waals surface area contributed by atoms with Gasteiger partial charge in [-0.1, -0.05) is 18.2 Å². The number of carbonyl (C=O) groups is 1. The molecule has 2 N–H and O–H groups in total. The number of anilines is 2. The first-order valence-electron chi connectivity index (χ1n) is 8.44. The van der Waals surface area contributed by atoms with Crippen LogP contribution in [0, 0.1) is 0 Å². The van der Waals surface area contributed by atoms with E-state index in [1.807, 2.05) is 18.2 Å². The molecular weight excluding hydrogens is 368 g/mol. The van der Waals surface area contributed by atoms with Crippen molar-refractivity contribution in [2.24, 2.45) is 0 Å². The fourth-order valence-corrected chi connectivity index (χ4v) is 2.75. The van der Waals surface area contributed by atoms with Crippen molar-refractivity contribution in [3.63, 3.8) is 0 Å². The molecule has 2 aromatic carbocycles. The van der Waals surface area contributed by atoms with Gasteiger partial charge in [-0.25, -0.2) is 0 Å². The molecule has 0 saturated carbocycles. The van der Waals surface area contributed by atoms with Crippen LogP contribution in [0.25, 0.3) is 0 Å². The van der Waals surface area contributed by atoms with E-state index in [4.69, 9.17) is 0 Å². The van der Waals surface area contributed by atoms with E-state index in [0.29, 0.717) is 23.5 Å². The second kappa shape index (κ2) is 7.15. The van der Waals surface area contributed by atoms with Gasteiger partial charge in [0.1, 0.15) is 0 Å². The number of ether oxygens (including phenoxy) is 2. The monoisotopic (exact) mass is 383 g/mol. The lowest BCUT2D eigenvalue weighted by Gasteiger charge is -2.12. The number of hydrogen-bond donors (Lipinski definition) is 2. The first kappa shape index (κ1) is 17.7. The number of halogens is 2. The maximum atomic E-state index is 13.1. The molecule has 0 spiro atoms. The van der Waals surface area contributed by atoms with Gasteiger partial charge in [-0.15, -0.1) is 8.78 Å². The van der Waals surface area contributed by atoms with Crippen LogP contribution in [0.1, 0.15) is 16.1 Å². The minimum Gasteiger partial charge on any atom is -0.395 e. The van der Waals surface area contributed by atoms with Crippen molar-refractivity contribution in [1.29, 1.82) is 0 Å². The molecule has 4 rings (SSSR count). The lowest BCUT2D eigenvalue weighted by Crippen LogP contribution is -2.25. The molecule has 2 heterocycles. The number of carbonyl (C=O) groups excluding carboxylic acids is 1. The first-order valence-corrected chi connectivity index (χ1v) is 8.44. The number of benzene rings is 2. The Labute approximate surface area is 159 Å². The molecule has 3 aromatic rings. The molecule has 0 radical (unpaired) electrons. The van der Waals surface area contributed by atoms with Gasteiger partial charge in [0.2, 0.25) is 0 Å². The van der Waals surface area contributed by atoms with E-state index in [0.717, 1.165) is 5.69 Å². The van der Waals surface area contributed by atoms with E-state index in [9.17, 15) is 13.6 Å². The first-order chi connectivity index (χ1) is 13.5. The van der Waals surface area contributed by atoms with Crippen molar-refractivity contribution in [3.05, 3.63) is 78.1 Å². The second-order valence-corrected chi connectivity index (χ2v) is 6.00. The highest BCUT2D eigenvalue weighted by Crippen LogP contribution is 2.42. The molecule has 0 bridgehead atoms. The van der Waals surface area contributed by atoms with Crippen LogP contribution in [0.4, 0.5) is 20.2 Å². The third-order valence-corrected chi connectivity index (χ3v) is 4.02. The Kier molecular flexibility index (Phi) is 4.52. The summed E-state index contributed by atoms with van der Waals surface area (Å²) in [7, 11) is 0. The summed E-state index contributed by atoms with van der Waals surface area (Å²) in [6, 6.07) is 16.6. The molecule has 8 heteroatoms. The van der Waals surface area contributed by atoms with Crippen LogP contribution in [0.15, 0.2) is 66.9 Å². The molecule has 142 valence electrons. The van der Waals surface area contributed by atoms with E-state index in [2.05, 4.69) is 25.1 Å². The van der Waals surface area contributed by atoms with Gasteiger partial charge in [-0.3, -0.25) is 9.78 Å². The van der Waals surface area contributed by atoms with E-state index >= 15 is 0 Å². The van der Waals surface area contributed by atoms with Gasteiger partial charge in [0.05, 0.1) is 17.8 Å². The van der Waals surface area contributed by atoms with Crippen molar-refractivity contribution >= 4 is 17.3 Å². The average Bonchev–Trinajstić information content (AvgIpc) is 3.00. The highest BCUT2D eigenvalue weighted by atomic mass is 19.3. The predicted octanol–water partition coefficient (Wildman–Crippen LogP) is 4.27. The largest absolute Gasteiger partial charge is 0.586 e. The van der Waals surface area contributed by atoms with E-state index in [1.54, 1.807) is 30.5 Å². The Hall–Kier alpha value is -3.68. The Morgan fingerprint density at radius 1 is 1.00 bits per heavy atom. The van der Waals surface area contributed by atoms with Crippen molar-refractivity contribution in [2.75, 3.05) is 10.6 Å². The fourth-order valence-electron chi connectivity index (χ4n) is 2.75. The summed E-state index contributed by atoms with van der Waals surface area (Å²) in [4.78, 5) is 16.9. The summed E-state index contributed by atoms with van der Waals surface area (Å²) in [6.45, 7) is 0.449. The molecule has 0 saturated heterocycles. The van der Waals surface area contributed by atoms with Crippen molar-refractivity contribution in [2.45, 2.75) is 12.8 Å². The highest BCUT2D eigenvalue weighted by molar-refractivity contribution is 6.08. The minimum atomic E-state index is -3.70. The Morgan fingerprint density at radius 2 is 1.79 bits per heavy atom. The summed E-state index contributed by atoms with van der Waals surface area (Å²) < 4.78 is 35.0. The minimum absolute atomic E-state index is 0.0829.